The summed E-state index contributed by atoms with van der Waals surface area (Å²) < 4.78 is 37.2. The number of hydrogen-bond donors (Lipinski definition) is 1. The smallest absolute Gasteiger partial charge is 0.398 e. The normalized spacial score (nSPS) is 11.8. The fourth-order valence-electron chi connectivity index (χ4n) is 0.983. The van der Waals surface area contributed by atoms with E-state index in [-0.39, 0.29) is 10.2 Å². The largest absolute Gasteiger partial charge is 0.419 e. The number of nitrogen functional groups attached to an aromatic ring is 1. The Hall–Kier alpha value is -0.710. The first-order valence-corrected chi connectivity index (χ1v) is 4.25. The predicted molar refractivity (Wildman–Crippen MR) is 48.3 cm³/mol. The van der Waals surface area contributed by atoms with Crippen LogP contribution in [0.25, 0.3) is 0 Å². The molecular formula is C8H7BrF3N. The first kappa shape index (κ1) is 10.4. The van der Waals surface area contributed by atoms with Crippen molar-refractivity contribution in [3.05, 3.63) is 27.7 Å². The van der Waals surface area contributed by atoms with Crippen molar-refractivity contribution in [2.75, 3.05) is 5.73 Å². The van der Waals surface area contributed by atoms with E-state index in [0.29, 0.717) is 5.56 Å². The second-order valence-electron chi connectivity index (χ2n) is 2.66. The molecule has 1 rings (SSSR count). The van der Waals surface area contributed by atoms with Crippen LogP contribution in [0.1, 0.15) is 11.1 Å². The highest BCUT2D eigenvalue weighted by Gasteiger charge is 2.35. The molecule has 5 heteroatoms. The summed E-state index contributed by atoms with van der Waals surface area (Å²) in [5, 5.41) is 0. The molecule has 0 aliphatic rings. The summed E-state index contributed by atoms with van der Waals surface area (Å²) in [5.41, 5.74) is 4.68. The molecule has 0 radical (unpaired) electrons. The quantitative estimate of drug-likeness (QED) is 0.706. The summed E-state index contributed by atoms with van der Waals surface area (Å²) >= 11 is 2.87. The van der Waals surface area contributed by atoms with Gasteiger partial charge in [0.2, 0.25) is 0 Å². The summed E-state index contributed by atoms with van der Waals surface area (Å²) in [6.45, 7) is 1.58. The zero-order chi connectivity index (χ0) is 10.2. The van der Waals surface area contributed by atoms with E-state index in [2.05, 4.69) is 15.9 Å². The van der Waals surface area contributed by atoms with Gasteiger partial charge in [0.1, 0.15) is 0 Å². The Morgan fingerprint density at radius 1 is 1.31 bits per heavy atom. The number of nitrogens with two attached hydrogens (primary N) is 1. The van der Waals surface area contributed by atoms with Crippen LogP contribution in [0.4, 0.5) is 18.9 Å². The maximum absolute atomic E-state index is 12.4. The molecule has 0 saturated carbocycles. The molecule has 0 aliphatic carbocycles. The second-order valence-corrected chi connectivity index (χ2v) is 3.45. The van der Waals surface area contributed by atoms with Crippen LogP contribution in [-0.2, 0) is 6.18 Å². The van der Waals surface area contributed by atoms with Crippen LogP contribution < -0.4 is 5.73 Å². The third-order valence-corrected chi connectivity index (χ3v) is 2.67. The summed E-state index contributed by atoms with van der Waals surface area (Å²) in [7, 11) is 0. The standard InChI is InChI=1S/C8H7BrF3N/c1-4-2-3-5(13)6(7(4)9)8(10,11)12/h2-3H,13H2,1H3. The lowest BCUT2D eigenvalue weighted by Crippen LogP contribution is -2.10. The molecule has 0 amide bonds. The van der Waals surface area contributed by atoms with E-state index in [1.54, 1.807) is 6.92 Å². The van der Waals surface area contributed by atoms with E-state index >= 15 is 0 Å². The number of anilines is 1. The summed E-state index contributed by atoms with van der Waals surface area (Å²) in [6.07, 6.45) is -4.41. The van der Waals surface area contributed by atoms with Crippen molar-refractivity contribution in [2.45, 2.75) is 13.1 Å². The molecule has 0 aromatic heterocycles. The van der Waals surface area contributed by atoms with E-state index < -0.39 is 11.7 Å². The van der Waals surface area contributed by atoms with Crippen molar-refractivity contribution < 1.29 is 13.2 Å². The average Bonchev–Trinajstić information content (AvgIpc) is 1.95. The maximum atomic E-state index is 12.4. The van der Waals surface area contributed by atoms with Gasteiger partial charge in [0.25, 0.3) is 0 Å². The lowest BCUT2D eigenvalue weighted by atomic mass is 10.1. The first-order chi connectivity index (χ1) is 5.84. The molecule has 1 nitrogen and oxygen atoms in total. The van der Waals surface area contributed by atoms with Crippen molar-refractivity contribution in [1.29, 1.82) is 0 Å². The lowest BCUT2D eigenvalue weighted by Gasteiger charge is -2.13. The van der Waals surface area contributed by atoms with E-state index in [1.807, 2.05) is 0 Å². The Balaban J connectivity index is 3.43. The van der Waals surface area contributed by atoms with Crippen molar-refractivity contribution in [3.63, 3.8) is 0 Å². The van der Waals surface area contributed by atoms with Crippen molar-refractivity contribution in [3.8, 4) is 0 Å². The number of halogens is 4. The molecule has 0 spiro atoms. The first-order valence-electron chi connectivity index (χ1n) is 3.46. The van der Waals surface area contributed by atoms with Crippen LogP contribution in [0.3, 0.4) is 0 Å². The molecule has 0 unspecified atom stereocenters. The van der Waals surface area contributed by atoms with E-state index in [0.717, 1.165) is 0 Å². The molecular weight excluding hydrogens is 247 g/mol. The van der Waals surface area contributed by atoms with E-state index in [9.17, 15) is 13.2 Å². The summed E-state index contributed by atoms with van der Waals surface area (Å²) in [5.74, 6) is 0. The average molecular weight is 254 g/mol. The van der Waals surface area contributed by atoms with Crippen LogP contribution in [0.15, 0.2) is 16.6 Å². The van der Waals surface area contributed by atoms with Gasteiger partial charge < -0.3 is 5.73 Å². The summed E-state index contributed by atoms with van der Waals surface area (Å²) in [6, 6.07) is 2.79. The van der Waals surface area contributed by atoms with Crippen LogP contribution in [0.2, 0.25) is 0 Å². The van der Waals surface area contributed by atoms with Gasteiger partial charge in [-0.25, -0.2) is 0 Å². The molecule has 2 N–H and O–H groups in total. The number of aryl methyl sites for hydroxylation is 1. The fourth-order valence-corrected chi connectivity index (χ4v) is 1.57. The van der Waals surface area contributed by atoms with Crippen molar-refractivity contribution in [2.24, 2.45) is 0 Å². The monoisotopic (exact) mass is 253 g/mol. The Labute approximate surface area is 81.9 Å². The summed E-state index contributed by atoms with van der Waals surface area (Å²) in [4.78, 5) is 0. The highest BCUT2D eigenvalue weighted by atomic mass is 79.9. The lowest BCUT2D eigenvalue weighted by molar-refractivity contribution is -0.137. The molecule has 1 aromatic carbocycles. The highest BCUT2D eigenvalue weighted by molar-refractivity contribution is 9.10. The van der Waals surface area contributed by atoms with Gasteiger partial charge >= 0.3 is 6.18 Å². The molecule has 0 bridgehead atoms. The zero-order valence-corrected chi connectivity index (χ0v) is 8.33. The molecule has 0 saturated heterocycles. The van der Waals surface area contributed by atoms with Crippen LogP contribution in [0.5, 0.6) is 0 Å². The molecule has 0 fully saturated rings. The minimum absolute atomic E-state index is 0.0139. The zero-order valence-electron chi connectivity index (χ0n) is 6.74. The SMILES string of the molecule is Cc1ccc(N)c(C(F)(F)F)c1Br. The van der Waals surface area contributed by atoms with Gasteiger partial charge in [-0.1, -0.05) is 6.07 Å². The molecule has 0 heterocycles. The van der Waals surface area contributed by atoms with Crippen molar-refractivity contribution >= 4 is 21.6 Å². The van der Waals surface area contributed by atoms with Gasteiger partial charge in [-0.15, -0.1) is 0 Å². The number of alkyl halides is 3. The number of rotatable bonds is 0. The topological polar surface area (TPSA) is 26.0 Å². The number of hydrogen-bond acceptors (Lipinski definition) is 1. The van der Waals surface area contributed by atoms with Gasteiger partial charge in [-0.05, 0) is 34.5 Å². The van der Waals surface area contributed by atoms with Gasteiger partial charge in [0.05, 0.1) is 5.56 Å². The molecule has 0 aliphatic heterocycles. The molecule has 13 heavy (non-hydrogen) atoms. The van der Waals surface area contributed by atoms with E-state index in [1.165, 1.54) is 12.1 Å². The van der Waals surface area contributed by atoms with Crippen LogP contribution >= 0.6 is 15.9 Å². The third-order valence-electron chi connectivity index (χ3n) is 1.65. The second kappa shape index (κ2) is 3.21. The molecule has 1 aromatic rings. The Bertz CT molecular complexity index is 333. The predicted octanol–water partition coefficient (Wildman–Crippen LogP) is 3.36. The Kier molecular flexibility index (Phi) is 2.56. The van der Waals surface area contributed by atoms with E-state index in [4.69, 9.17) is 5.73 Å². The van der Waals surface area contributed by atoms with Gasteiger partial charge in [0, 0.05) is 10.2 Å². The minimum Gasteiger partial charge on any atom is -0.398 e. The van der Waals surface area contributed by atoms with Gasteiger partial charge in [-0.3, -0.25) is 0 Å². The van der Waals surface area contributed by atoms with Gasteiger partial charge in [0.15, 0.2) is 0 Å². The Morgan fingerprint density at radius 2 is 1.85 bits per heavy atom. The van der Waals surface area contributed by atoms with Crippen LogP contribution in [0, 0.1) is 6.92 Å². The third kappa shape index (κ3) is 1.96. The van der Waals surface area contributed by atoms with Crippen molar-refractivity contribution in [1.82, 2.24) is 0 Å². The Morgan fingerprint density at radius 3 is 2.23 bits per heavy atom. The minimum atomic E-state index is -4.41. The maximum Gasteiger partial charge on any atom is 0.419 e. The number of benzene rings is 1. The fraction of sp³-hybridized carbons (Fsp3) is 0.250. The van der Waals surface area contributed by atoms with Crippen LogP contribution in [-0.4, -0.2) is 0 Å². The van der Waals surface area contributed by atoms with Gasteiger partial charge in [-0.2, -0.15) is 13.2 Å². The molecule has 72 valence electrons. The molecule has 0 atom stereocenters. The highest BCUT2D eigenvalue weighted by Crippen LogP contribution is 2.39.